The predicted molar refractivity (Wildman–Crippen MR) is 64.5 cm³/mol. The fraction of sp³-hybridized carbons (Fsp3) is 0.714. The van der Waals surface area contributed by atoms with Crippen LogP contribution in [0, 0.1) is 5.41 Å². The summed E-state index contributed by atoms with van der Waals surface area (Å²) in [7, 11) is 0. The molecule has 17 heavy (non-hydrogen) atoms. The SMILES string of the molecule is CC(C)(C)OC(=O)C12CCCCC1=CC(=O)C2. The van der Waals surface area contributed by atoms with Crippen LogP contribution >= 0.6 is 0 Å². The average molecular weight is 236 g/mol. The normalized spacial score (nSPS) is 28.6. The van der Waals surface area contributed by atoms with Crippen molar-refractivity contribution < 1.29 is 14.3 Å². The van der Waals surface area contributed by atoms with Gasteiger partial charge in [-0.15, -0.1) is 0 Å². The Morgan fingerprint density at radius 3 is 2.71 bits per heavy atom. The lowest BCUT2D eigenvalue weighted by Gasteiger charge is -2.35. The molecule has 2 aliphatic rings. The number of hydrogen-bond acceptors (Lipinski definition) is 3. The molecular weight excluding hydrogens is 216 g/mol. The summed E-state index contributed by atoms with van der Waals surface area (Å²) in [6, 6.07) is 0. The van der Waals surface area contributed by atoms with Crippen LogP contribution in [0.25, 0.3) is 0 Å². The van der Waals surface area contributed by atoms with Crippen LogP contribution in [0.3, 0.4) is 0 Å². The van der Waals surface area contributed by atoms with Gasteiger partial charge in [0.1, 0.15) is 5.60 Å². The molecule has 3 heteroatoms. The van der Waals surface area contributed by atoms with Gasteiger partial charge in [0, 0.05) is 6.42 Å². The zero-order valence-electron chi connectivity index (χ0n) is 10.8. The monoisotopic (exact) mass is 236 g/mol. The summed E-state index contributed by atoms with van der Waals surface area (Å²) in [5.74, 6) is -0.130. The summed E-state index contributed by atoms with van der Waals surface area (Å²) in [5.41, 5.74) is -0.106. The van der Waals surface area contributed by atoms with Crippen LogP contribution in [0.4, 0.5) is 0 Å². The predicted octanol–water partition coefficient (Wildman–Crippen LogP) is 2.79. The number of carbonyl (C=O) groups excluding carboxylic acids is 2. The van der Waals surface area contributed by atoms with Gasteiger partial charge in [-0.05, 0) is 51.7 Å². The Kier molecular flexibility index (Phi) is 2.88. The summed E-state index contributed by atoms with van der Waals surface area (Å²) < 4.78 is 5.50. The fourth-order valence-electron chi connectivity index (χ4n) is 2.78. The van der Waals surface area contributed by atoms with E-state index in [9.17, 15) is 9.59 Å². The van der Waals surface area contributed by atoms with Crippen LogP contribution in [0.2, 0.25) is 0 Å². The first-order valence-corrected chi connectivity index (χ1v) is 6.31. The maximum Gasteiger partial charge on any atom is 0.317 e. The number of esters is 1. The maximum atomic E-state index is 12.3. The largest absolute Gasteiger partial charge is 0.459 e. The third-order valence-corrected chi connectivity index (χ3v) is 3.52. The van der Waals surface area contributed by atoms with E-state index in [1.165, 1.54) is 0 Å². The first-order valence-electron chi connectivity index (χ1n) is 6.31. The van der Waals surface area contributed by atoms with Gasteiger partial charge in [0.05, 0.1) is 5.41 Å². The molecule has 0 aromatic rings. The van der Waals surface area contributed by atoms with E-state index >= 15 is 0 Å². The van der Waals surface area contributed by atoms with E-state index in [2.05, 4.69) is 0 Å². The zero-order chi connectivity index (χ0) is 12.7. The molecule has 1 atom stereocenters. The van der Waals surface area contributed by atoms with Crippen LogP contribution in [0.1, 0.15) is 52.9 Å². The lowest BCUT2D eigenvalue weighted by Crippen LogP contribution is -2.39. The Bertz CT molecular complexity index is 387. The first kappa shape index (κ1) is 12.3. The highest BCUT2D eigenvalue weighted by molar-refractivity contribution is 6.01. The second-order valence-corrected chi connectivity index (χ2v) is 6.10. The number of rotatable bonds is 1. The van der Waals surface area contributed by atoms with Crippen molar-refractivity contribution in [1.82, 2.24) is 0 Å². The number of ketones is 1. The third kappa shape index (κ3) is 2.28. The van der Waals surface area contributed by atoms with Crippen molar-refractivity contribution in [3.05, 3.63) is 11.6 Å². The zero-order valence-corrected chi connectivity index (χ0v) is 10.8. The molecule has 0 N–H and O–H groups in total. The minimum atomic E-state index is -0.622. The summed E-state index contributed by atoms with van der Waals surface area (Å²) in [4.78, 5) is 23.9. The molecule has 0 spiro atoms. The van der Waals surface area contributed by atoms with Gasteiger partial charge in [-0.2, -0.15) is 0 Å². The topological polar surface area (TPSA) is 43.4 Å². The van der Waals surface area contributed by atoms with Crippen molar-refractivity contribution in [3.8, 4) is 0 Å². The highest BCUT2D eigenvalue weighted by Gasteiger charge is 2.50. The van der Waals surface area contributed by atoms with Crippen LogP contribution in [0.5, 0.6) is 0 Å². The van der Waals surface area contributed by atoms with E-state index in [-0.39, 0.29) is 11.8 Å². The van der Waals surface area contributed by atoms with Crippen molar-refractivity contribution in [3.63, 3.8) is 0 Å². The first-order chi connectivity index (χ1) is 7.83. The molecule has 0 saturated heterocycles. The van der Waals surface area contributed by atoms with Crippen molar-refractivity contribution in [2.24, 2.45) is 5.41 Å². The Morgan fingerprint density at radius 2 is 2.06 bits per heavy atom. The third-order valence-electron chi connectivity index (χ3n) is 3.52. The van der Waals surface area contributed by atoms with E-state index in [0.717, 1.165) is 31.3 Å². The molecule has 0 radical (unpaired) electrons. The molecule has 2 aliphatic carbocycles. The average Bonchev–Trinajstić information content (AvgIpc) is 2.52. The number of fused-ring (bicyclic) bond motifs is 1. The number of hydrogen-bond donors (Lipinski definition) is 0. The van der Waals surface area contributed by atoms with Crippen LogP contribution in [0.15, 0.2) is 11.6 Å². The van der Waals surface area contributed by atoms with Crippen LogP contribution in [-0.4, -0.2) is 17.4 Å². The number of allylic oxidation sites excluding steroid dienone is 1. The van der Waals surface area contributed by atoms with Crippen molar-refractivity contribution in [1.29, 1.82) is 0 Å². The quantitative estimate of drug-likeness (QED) is 0.657. The van der Waals surface area contributed by atoms with Gasteiger partial charge in [-0.1, -0.05) is 6.42 Å². The second-order valence-electron chi connectivity index (χ2n) is 6.10. The van der Waals surface area contributed by atoms with E-state index in [4.69, 9.17) is 4.74 Å². The van der Waals surface area contributed by atoms with Gasteiger partial charge in [-0.3, -0.25) is 9.59 Å². The number of ether oxygens (including phenoxy) is 1. The van der Waals surface area contributed by atoms with Gasteiger partial charge < -0.3 is 4.74 Å². The minimum absolute atomic E-state index is 0.0766. The molecule has 3 nitrogen and oxygen atoms in total. The van der Waals surface area contributed by atoms with Crippen LogP contribution < -0.4 is 0 Å². The van der Waals surface area contributed by atoms with E-state index < -0.39 is 11.0 Å². The summed E-state index contributed by atoms with van der Waals surface area (Å²) >= 11 is 0. The molecule has 0 aromatic heterocycles. The smallest absolute Gasteiger partial charge is 0.317 e. The summed E-state index contributed by atoms with van der Waals surface area (Å²) in [5, 5.41) is 0. The highest BCUT2D eigenvalue weighted by atomic mass is 16.6. The molecule has 1 unspecified atom stereocenters. The molecule has 1 fully saturated rings. The van der Waals surface area contributed by atoms with E-state index in [1.54, 1.807) is 6.08 Å². The molecule has 0 bridgehead atoms. The minimum Gasteiger partial charge on any atom is -0.459 e. The Hall–Kier alpha value is -1.12. The van der Waals surface area contributed by atoms with Crippen molar-refractivity contribution >= 4 is 11.8 Å². The summed E-state index contributed by atoms with van der Waals surface area (Å²) in [6.45, 7) is 5.60. The number of carbonyl (C=O) groups is 2. The molecule has 2 rings (SSSR count). The molecule has 1 saturated carbocycles. The van der Waals surface area contributed by atoms with Gasteiger partial charge in [0.15, 0.2) is 5.78 Å². The standard InChI is InChI=1S/C14H20O3/c1-13(2,3)17-12(16)14-7-5-4-6-10(14)8-11(15)9-14/h8H,4-7,9H2,1-3H3. The maximum absolute atomic E-state index is 12.3. The van der Waals surface area contributed by atoms with E-state index in [0.29, 0.717) is 6.42 Å². The molecule has 0 heterocycles. The Labute approximate surface area is 102 Å². The lowest BCUT2D eigenvalue weighted by molar-refractivity contribution is -0.167. The molecule has 94 valence electrons. The lowest BCUT2D eigenvalue weighted by atomic mass is 9.71. The molecule has 0 aliphatic heterocycles. The fourth-order valence-corrected chi connectivity index (χ4v) is 2.78. The van der Waals surface area contributed by atoms with Crippen molar-refractivity contribution in [2.45, 2.75) is 58.5 Å². The van der Waals surface area contributed by atoms with Crippen molar-refractivity contribution in [2.75, 3.05) is 0 Å². The van der Waals surface area contributed by atoms with Gasteiger partial charge in [0.25, 0.3) is 0 Å². The van der Waals surface area contributed by atoms with E-state index in [1.807, 2.05) is 20.8 Å². The van der Waals surface area contributed by atoms with Gasteiger partial charge in [-0.25, -0.2) is 0 Å². The summed E-state index contributed by atoms with van der Waals surface area (Å²) in [6.07, 6.45) is 5.69. The van der Waals surface area contributed by atoms with Gasteiger partial charge in [0.2, 0.25) is 0 Å². The Balaban J connectivity index is 2.25. The molecule has 0 amide bonds. The van der Waals surface area contributed by atoms with Crippen LogP contribution in [-0.2, 0) is 14.3 Å². The molecular formula is C14H20O3. The van der Waals surface area contributed by atoms with Gasteiger partial charge >= 0.3 is 5.97 Å². The molecule has 0 aromatic carbocycles. The second kappa shape index (κ2) is 3.97. The highest BCUT2D eigenvalue weighted by Crippen LogP contribution is 2.49. The Morgan fingerprint density at radius 1 is 1.35 bits per heavy atom.